The summed E-state index contributed by atoms with van der Waals surface area (Å²) in [4.78, 5) is 2.95. The van der Waals surface area contributed by atoms with Crippen LogP contribution in [0, 0.1) is 0 Å². The fraction of sp³-hybridized carbons (Fsp3) is 0.375. The highest BCUT2D eigenvalue weighted by Gasteiger charge is 2.73. The average molecular weight is 324 g/mol. The number of alkyl halides is 6. The minimum Gasteiger partial charge on any atom is -0.368 e. The van der Waals surface area contributed by atoms with Crippen molar-refractivity contribution in [3.8, 4) is 0 Å². The number of halogens is 7. The van der Waals surface area contributed by atoms with Gasteiger partial charge in [0, 0.05) is 10.7 Å². The number of pyridine rings is 1. The average Bonchev–Trinajstić information content (AvgIpc) is 2.13. The minimum atomic E-state index is -5.93. The predicted molar refractivity (Wildman–Crippen MR) is 47.9 cm³/mol. The number of nitrogens with zero attached hydrogens (tertiary/aromatic N) is 1. The normalized spacial score (nSPS) is 13.9. The van der Waals surface area contributed by atoms with Crippen LogP contribution >= 0.6 is 15.9 Å². The maximum atomic E-state index is 12.4. The van der Waals surface area contributed by atoms with Crippen molar-refractivity contribution in [2.45, 2.75) is 18.0 Å². The molecule has 0 spiro atoms. The first-order chi connectivity index (χ1) is 7.52. The molecule has 1 N–H and O–H groups in total. The Hall–Kier alpha value is -0.830. The van der Waals surface area contributed by atoms with Gasteiger partial charge >= 0.3 is 12.4 Å². The molecule has 0 amide bonds. The summed E-state index contributed by atoms with van der Waals surface area (Å²) in [6.45, 7) is 0. The fourth-order valence-electron chi connectivity index (χ4n) is 1.08. The molecule has 0 radical (unpaired) electrons. The van der Waals surface area contributed by atoms with E-state index in [1.165, 1.54) is 0 Å². The molecule has 96 valence electrons. The highest BCUT2D eigenvalue weighted by atomic mass is 79.9. The largest absolute Gasteiger partial charge is 0.432 e. The molecule has 9 heteroatoms. The quantitative estimate of drug-likeness (QED) is 0.805. The summed E-state index contributed by atoms with van der Waals surface area (Å²) in [6, 6.07) is 2.05. The van der Waals surface area contributed by atoms with Crippen molar-refractivity contribution in [1.29, 1.82) is 0 Å². The molecule has 1 rings (SSSR count). The molecule has 17 heavy (non-hydrogen) atoms. The highest BCUT2D eigenvalue weighted by molar-refractivity contribution is 9.10. The summed E-state index contributed by atoms with van der Waals surface area (Å²) in [5, 5.41) is 8.99. The molecule has 0 aromatic carbocycles. The number of hydrogen-bond donors (Lipinski definition) is 1. The second kappa shape index (κ2) is 4.13. The first-order valence-corrected chi connectivity index (χ1v) is 4.78. The third-order valence-corrected chi connectivity index (χ3v) is 2.56. The molecule has 1 aromatic heterocycles. The van der Waals surface area contributed by atoms with Crippen molar-refractivity contribution in [1.82, 2.24) is 4.98 Å². The summed E-state index contributed by atoms with van der Waals surface area (Å²) < 4.78 is 74.0. The molecule has 2 nitrogen and oxygen atoms in total. The Balaban J connectivity index is 3.53. The second-order valence-corrected chi connectivity index (χ2v) is 3.89. The Kier molecular flexibility index (Phi) is 3.45. The number of rotatable bonds is 1. The molecule has 0 fully saturated rings. The van der Waals surface area contributed by atoms with E-state index in [-0.39, 0.29) is 0 Å². The first-order valence-electron chi connectivity index (χ1n) is 3.98. The molecule has 0 aliphatic carbocycles. The van der Waals surface area contributed by atoms with Crippen molar-refractivity contribution < 1.29 is 31.4 Å². The van der Waals surface area contributed by atoms with E-state index in [9.17, 15) is 26.3 Å². The fourth-order valence-corrected chi connectivity index (χ4v) is 1.62. The van der Waals surface area contributed by atoms with Gasteiger partial charge in [0.25, 0.3) is 5.60 Å². The van der Waals surface area contributed by atoms with Gasteiger partial charge in [0.2, 0.25) is 0 Å². The maximum Gasteiger partial charge on any atom is 0.432 e. The molecule has 1 aromatic rings. The molecule has 0 aliphatic rings. The SMILES string of the molecule is OC(c1ncccc1Br)(C(F)(F)F)C(F)(F)F. The molecular weight excluding hydrogens is 320 g/mol. The van der Waals surface area contributed by atoms with Gasteiger partial charge in [-0.2, -0.15) is 26.3 Å². The van der Waals surface area contributed by atoms with Gasteiger partial charge in [-0.1, -0.05) is 0 Å². The minimum absolute atomic E-state index is 0.586. The van der Waals surface area contributed by atoms with Crippen LogP contribution in [-0.2, 0) is 5.60 Å². The Morgan fingerprint density at radius 1 is 1.06 bits per heavy atom. The van der Waals surface area contributed by atoms with Crippen LogP contribution in [0.2, 0.25) is 0 Å². The van der Waals surface area contributed by atoms with E-state index in [2.05, 4.69) is 20.9 Å². The molecular formula is C8H4BrF6NO. The van der Waals surface area contributed by atoms with E-state index in [1.54, 1.807) is 0 Å². The van der Waals surface area contributed by atoms with Crippen LogP contribution < -0.4 is 0 Å². The topological polar surface area (TPSA) is 33.1 Å². The van der Waals surface area contributed by atoms with E-state index < -0.39 is 28.1 Å². The van der Waals surface area contributed by atoms with E-state index in [0.717, 1.165) is 18.3 Å². The first kappa shape index (κ1) is 14.2. The zero-order valence-corrected chi connectivity index (χ0v) is 9.36. The number of aromatic nitrogens is 1. The lowest BCUT2D eigenvalue weighted by Gasteiger charge is -2.32. The van der Waals surface area contributed by atoms with Crippen molar-refractivity contribution in [2.24, 2.45) is 0 Å². The summed E-state index contributed by atoms with van der Waals surface area (Å²) in [5.41, 5.74) is -6.54. The van der Waals surface area contributed by atoms with Crippen LogP contribution in [0.4, 0.5) is 26.3 Å². The Labute approximate surface area is 99.4 Å². The van der Waals surface area contributed by atoms with Crippen molar-refractivity contribution in [2.75, 3.05) is 0 Å². The van der Waals surface area contributed by atoms with Gasteiger partial charge in [0.05, 0.1) is 0 Å². The lowest BCUT2D eigenvalue weighted by atomic mass is 9.97. The lowest BCUT2D eigenvalue weighted by molar-refractivity contribution is -0.377. The van der Waals surface area contributed by atoms with Gasteiger partial charge in [0.1, 0.15) is 5.69 Å². The van der Waals surface area contributed by atoms with E-state index in [1.807, 2.05) is 0 Å². The van der Waals surface area contributed by atoms with Gasteiger partial charge in [-0.3, -0.25) is 4.98 Å². The molecule has 0 saturated carbocycles. The lowest BCUT2D eigenvalue weighted by Crippen LogP contribution is -2.54. The van der Waals surface area contributed by atoms with E-state index in [4.69, 9.17) is 5.11 Å². The van der Waals surface area contributed by atoms with Crippen molar-refractivity contribution >= 4 is 15.9 Å². The molecule has 0 saturated heterocycles. The van der Waals surface area contributed by atoms with Crippen LogP contribution in [0.5, 0.6) is 0 Å². The molecule has 1 heterocycles. The third kappa shape index (κ3) is 2.25. The maximum absolute atomic E-state index is 12.4. The Morgan fingerprint density at radius 2 is 1.53 bits per heavy atom. The van der Waals surface area contributed by atoms with Gasteiger partial charge in [-0.15, -0.1) is 0 Å². The van der Waals surface area contributed by atoms with Crippen LogP contribution in [0.15, 0.2) is 22.8 Å². The standard InChI is InChI=1S/C8H4BrF6NO/c9-4-2-1-3-16-5(4)6(17,7(10,11)12)8(13,14)15/h1-3,17H. The second-order valence-electron chi connectivity index (χ2n) is 3.04. The molecule has 0 bridgehead atoms. The highest BCUT2D eigenvalue weighted by Crippen LogP contribution is 2.50. The summed E-state index contributed by atoms with van der Waals surface area (Å²) in [5.74, 6) is 0. The van der Waals surface area contributed by atoms with Crippen LogP contribution in [0.1, 0.15) is 5.69 Å². The van der Waals surface area contributed by atoms with Crippen LogP contribution in [-0.4, -0.2) is 22.4 Å². The van der Waals surface area contributed by atoms with Crippen LogP contribution in [0.3, 0.4) is 0 Å². The number of hydrogen-bond acceptors (Lipinski definition) is 2. The van der Waals surface area contributed by atoms with Crippen molar-refractivity contribution in [3.63, 3.8) is 0 Å². The zero-order chi connectivity index (χ0) is 13.5. The van der Waals surface area contributed by atoms with E-state index >= 15 is 0 Å². The van der Waals surface area contributed by atoms with Gasteiger partial charge in [-0.25, -0.2) is 0 Å². The molecule has 0 atom stereocenters. The Morgan fingerprint density at radius 3 is 1.88 bits per heavy atom. The summed E-state index contributed by atoms with van der Waals surface area (Å²) in [7, 11) is 0. The number of aliphatic hydroxyl groups is 1. The predicted octanol–water partition coefficient (Wildman–Crippen LogP) is 3.16. The monoisotopic (exact) mass is 323 g/mol. The Bertz CT molecular complexity index is 401. The zero-order valence-electron chi connectivity index (χ0n) is 7.77. The molecule has 0 unspecified atom stereocenters. The molecule has 0 aliphatic heterocycles. The van der Waals surface area contributed by atoms with Gasteiger partial charge < -0.3 is 5.11 Å². The van der Waals surface area contributed by atoms with E-state index in [0.29, 0.717) is 0 Å². The smallest absolute Gasteiger partial charge is 0.368 e. The van der Waals surface area contributed by atoms with Gasteiger partial charge in [0.15, 0.2) is 0 Å². The third-order valence-electron chi connectivity index (χ3n) is 1.92. The van der Waals surface area contributed by atoms with Crippen molar-refractivity contribution in [3.05, 3.63) is 28.5 Å². The van der Waals surface area contributed by atoms with Gasteiger partial charge in [-0.05, 0) is 28.1 Å². The van der Waals surface area contributed by atoms with Crippen LogP contribution in [0.25, 0.3) is 0 Å². The summed E-state index contributed by atoms with van der Waals surface area (Å²) in [6.07, 6.45) is -11.1. The summed E-state index contributed by atoms with van der Waals surface area (Å²) >= 11 is 2.49.